The Labute approximate surface area is 170 Å². The number of methoxy groups -OCH3 is 1. The topological polar surface area (TPSA) is 64.6 Å². The van der Waals surface area contributed by atoms with E-state index in [9.17, 15) is 4.79 Å². The Balaban J connectivity index is 1.52. The van der Waals surface area contributed by atoms with Crippen LogP contribution in [0.5, 0.6) is 11.8 Å². The summed E-state index contributed by atoms with van der Waals surface area (Å²) in [4.78, 5) is 23.7. The SMILES string of the molecule is COc1nccnc1OC1CCN(C(=O)C(c2ccccc2)c2ccccc2)C1. The Morgan fingerprint density at radius 2 is 1.55 bits per heavy atom. The second kappa shape index (κ2) is 8.73. The predicted octanol–water partition coefficient (Wildman–Crippen LogP) is 3.30. The summed E-state index contributed by atoms with van der Waals surface area (Å²) >= 11 is 0. The zero-order chi connectivity index (χ0) is 20.1. The molecule has 0 bridgehead atoms. The van der Waals surface area contributed by atoms with Gasteiger partial charge in [0.05, 0.1) is 19.6 Å². The van der Waals surface area contributed by atoms with E-state index in [-0.39, 0.29) is 17.9 Å². The van der Waals surface area contributed by atoms with Crippen molar-refractivity contribution in [2.75, 3.05) is 20.2 Å². The van der Waals surface area contributed by atoms with Gasteiger partial charge >= 0.3 is 0 Å². The molecule has 0 spiro atoms. The van der Waals surface area contributed by atoms with Gasteiger partial charge in [0, 0.05) is 25.4 Å². The number of ether oxygens (including phenoxy) is 2. The van der Waals surface area contributed by atoms with Gasteiger partial charge in [0.2, 0.25) is 5.91 Å². The van der Waals surface area contributed by atoms with E-state index in [0.717, 1.165) is 17.5 Å². The number of likely N-dealkylation sites (tertiary alicyclic amines) is 1. The van der Waals surface area contributed by atoms with Crippen molar-refractivity contribution >= 4 is 5.91 Å². The van der Waals surface area contributed by atoms with E-state index in [2.05, 4.69) is 9.97 Å². The third-order valence-corrected chi connectivity index (χ3v) is 5.07. The molecule has 0 radical (unpaired) electrons. The van der Waals surface area contributed by atoms with Crippen LogP contribution in [0.3, 0.4) is 0 Å². The summed E-state index contributed by atoms with van der Waals surface area (Å²) in [5, 5.41) is 0. The molecular formula is C23H23N3O3. The average molecular weight is 389 g/mol. The van der Waals surface area contributed by atoms with Crippen molar-refractivity contribution in [3.8, 4) is 11.8 Å². The molecule has 0 aliphatic carbocycles. The first-order valence-corrected chi connectivity index (χ1v) is 9.66. The van der Waals surface area contributed by atoms with Crippen LogP contribution in [0.2, 0.25) is 0 Å². The highest BCUT2D eigenvalue weighted by Crippen LogP contribution is 2.30. The number of hydrogen-bond acceptors (Lipinski definition) is 5. The highest BCUT2D eigenvalue weighted by atomic mass is 16.5. The van der Waals surface area contributed by atoms with Crippen molar-refractivity contribution in [2.45, 2.75) is 18.4 Å². The van der Waals surface area contributed by atoms with Gasteiger partial charge in [0.15, 0.2) is 0 Å². The second-order valence-electron chi connectivity index (χ2n) is 6.94. The van der Waals surface area contributed by atoms with E-state index >= 15 is 0 Å². The maximum Gasteiger partial charge on any atom is 0.278 e. The molecule has 2 aromatic carbocycles. The molecule has 3 aromatic rings. The van der Waals surface area contributed by atoms with Gasteiger partial charge in [-0.25, -0.2) is 9.97 Å². The number of amides is 1. The van der Waals surface area contributed by atoms with Crippen LogP contribution in [0.4, 0.5) is 0 Å². The highest BCUT2D eigenvalue weighted by molar-refractivity contribution is 5.87. The lowest BCUT2D eigenvalue weighted by molar-refractivity contribution is -0.131. The second-order valence-corrected chi connectivity index (χ2v) is 6.94. The van der Waals surface area contributed by atoms with Gasteiger partial charge < -0.3 is 14.4 Å². The maximum absolute atomic E-state index is 13.5. The van der Waals surface area contributed by atoms with Gasteiger partial charge in [-0.15, -0.1) is 0 Å². The van der Waals surface area contributed by atoms with Gasteiger partial charge in [-0.2, -0.15) is 0 Å². The Hall–Kier alpha value is -3.41. The zero-order valence-corrected chi connectivity index (χ0v) is 16.3. The van der Waals surface area contributed by atoms with Gasteiger partial charge in [-0.1, -0.05) is 60.7 Å². The van der Waals surface area contributed by atoms with Crippen molar-refractivity contribution in [3.05, 3.63) is 84.2 Å². The summed E-state index contributed by atoms with van der Waals surface area (Å²) in [6.45, 7) is 1.15. The number of hydrogen-bond donors (Lipinski definition) is 0. The molecule has 2 heterocycles. The average Bonchev–Trinajstić information content (AvgIpc) is 3.24. The predicted molar refractivity (Wildman–Crippen MR) is 109 cm³/mol. The van der Waals surface area contributed by atoms with Crippen LogP contribution in [0, 0.1) is 0 Å². The monoisotopic (exact) mass is 389 g/mol. The Kier molecular flexibility index (Phi) is 5.70. The fraction of sp³-hybridized carbons (Fsp3) is 0.261. The molecule has 29 heavy (non-hydrogen) atoms. The lowest BCUT2D eigenvalue weighted by atomic mass is 9.90. The lowest BCUT2D eigenvalue weighted by Gasteiger charge is -2.24. The molecule has 0 N–H and O–H groups in total. The Bertz CT molecular complexity index is 910. The lowest BCUT2D eigenvalue weighted by Crippen LogP contribution is -2.35. The largest absolute Gasteiger partial charge is 0.477 e. The first-order chi connectivity index (χ1) is 14.3. The molecule has 0 saturated carbocycles. The highest BCUT2D eigenvalue weighted by Gasteiger charge is 2.34. The number of benzene rings is 2. The van der Waals surface area contributed by atoms with Crippen molar-refractivity contribution in [1.29, 1.82) is 0 Å². The third-order valence-electron chi connectivity index (χ3n) is 5.07. The molecule has 1 aromatic heterocycles. The standard InChI is InChI=1S/C23H23N3O3/c1-28-21-22(25-14-13-24-21)29-19-12-15-26(16-19)23(27)20(17-8-4-2-5-9-17)18-10-6-3-7-11-18/h2-11,13-14,19-20H,12,15-16H2,1H3. The molecular weight excluding hydrogens is 366 g/mol. The van der Waals surface area contributed by atoms with Crippen LogP contribution >= 0.6 is 0 Å². The third kappa shape index (κ3) is 4.21. The maximum atomic E-state index is 13.5. The fourth-order valence-corrected chi connectivity index (χ4v) is 3.67. The molecule has 1 saturated heterocycles. The summed E-state index contributed by atoms with van der Waals surface area (Å²) in [6, 6.07) is 19.8. The number of nitrogens with zero attached hydrogens (tertiary/aromatic N) is 3. The number of carbonyl (C=O) groups is 1. The molecule has 6 heteroatoms. The molecule has 1 aliphatic heterocycles. The van der Waals surface area contributed by atoms with Gasteiger partial charge in [0.1, 0.15) is 6.10 Å². The quantitative estimate of drug-likeness (QED) is 0.647. The zero-order valence-electron chi connectivity index (χ0n) is 16.3. The van der Waals surface area contributed by atoms with Gasteiger partial charge in [0.25, 0.3) is 11.8 Å². The van der Waals surface area contributed by atoms with E-state index < -0.39 is 0 Å². The number of aromatic nitrogens is 2. The van der Waals surface area contributed by atoms with Crippen molar-refractivity contribution < 1.29 is 14.3 Å². The Morgan fingerprint density at radius 3 is 2.14 bits per heavy atom. The van der Waals surface area contributed by atoms with Crippen molar-refractivity contribution in [2.24, 2.45) is 0 Å². The van der Waals surface area contributed by atoms with E-state index in [1.54, 1.807) is 12.4 Å². The van der Waals surface area contributed by atoms with Crippen LogP contribution in [0.25, 0.3) is 0 Å². The van der Waals surface area contributed by atoms with E-state index in [4.69, 9.17) is 9.47 Å². The number of rotatable bonds is 6. The first kappa shape index (κ1) is 18.9. The minimum atomic E-state index is -0.331. The molecule has 1 aliphatic rings. The molecule has 148 valence electrons. The molecule has 4 rings (SSSR count). The minimum absolute atomic E-state index is 0.0830. The van der Waals surface area contributed by atoms with Crippen LogP contribution < -0.4 is 9.47 Å². The normalized spacial score (nSPS) is 16.1. The van der Waals surface area contributed by atoms with Crippen LogP contribution in [-0.2, 0) is 4.79 Å². The summed E-state index contributed by atoms with van der Waals surface area (Å²) < 4.78 is 11.2. The molecule has 6 nitrogen and oxygen atoms in total. The summed E-state index contributed by atoms with van der Waals surface area (Å²) in [5.41, 5.74) is 1.98. The van der Waals surface area contributed by atoms with Crippen LogP contribution in [0.15, 0.2) is 73.1 Å². The van der Waals surface area contributed by atoms with Crippen LogP contribution in [-0.4, -0.2) is 47.1 Å². The summed E-state index contributed by atoms with van der Waals surface area (Å²) in [6.07, 6.45) is 3.72. The molecule has 1 unspecified atom stereocenters. The fourth-order valence-electron chi connectivity index (χ4n) is 3.67. The van der Waals surface area contributed by atoms with Gasteiger partial charge in [-0.3, -0.25) is 4.79 Å². The first-order valence-electron chi connectivity index (χ1n) is 9.66. The minimum Gasteiger partial charge on any atom is -0.477 e. The van der Waals surface area contributed by atoms with E-state index in [0.29, 0.717) is 24.8 Å². The Morgan fingerprint density at radius 1 is 0.966 bits per heavy atom. The number of carbonyl (C=O) groups excluding carboxylic acids is 1. The van der Waals surface area contributed by atoms with Crippen LogP contribution in [0.1, 0.15) is 23.5 Å². The van der Waals surface area contributed by atoms with Gasteiger partial charge in [-0.05, 0) is 11.1 Å². The smallest absolute Gasteiger partial charge is 0.278 e. The van der Waals surface area contributed by atoms with E-state index in [1.165, 1.54) is 7.11 Å². The summed E-state index contributed by atoms with van der Waals surface area (Å²) in [7, 11) is 1.53. The molecule has 1 fully saturated rings. The van der Waals surface area contributed by atoms with Crippen molar-refractivity contribution in [3.63, 3.8) is 0 Å². The van der Waals surface area contributed by atoms with E-state index in [1.807, 2.05) is 65.6 Å². The molecule has 1 atom stereocenters. The summed E-state index contributed by atoms with van der Waals surface area (Å²) in [5.74, 6) is 0.461. The molecule has 1 amide bonds. The van der Waals surface area contributed by atoms with Crippen molar-refractivity contribution in [1.82, 2.24) is 14.9 Å².